The first-order valence-corrected chi connectivity index (χ1v) is 6.54. The maximum absolute atomic E-state index is 11.9. The minimum atomic E-state index is -0.270. The van der Waals surface area contributed by atoms with Gasteiger partial charge in [0.1, 0.15) is 5.69 Å². The van der Waals surface area contributed by atoms with Gasteiger partial charge in [0.2, 0.25) is 0 Å². The quantitative estimate of drug-likeness (QED) is 0.821. The number of H-pyrrole nitrogens is 1. The van der Waals surface area contributed by atoms with Crippen LogP contribution in [0.5, 0.6) is 0 Å². The van der Waals surface area contributed by atoms with Crippen molar-refractivity contribution in [3.63, 3.8) is 0 Å². The largest absolute Gasteiger partial charge is 0.355 e. The molecule has 0 saturated carbocycles. The second-order valence-electron chi connectivity index (χ2n) is 4.61. The van der Waals surface area contributed by atoms with Crippen LogP contribution in [0.2, 0.25) is 0 Å². The number of carbonyl (C=O) groups excluding carboxylic acids is 1. The Morgan fingerprint density at radius 2 is 2.15 bits per heavy atom. The van der Waals surface area contributed by atoms with E-state index in [2.05, 4.69) is 35.8 Å². The lowest BCUT2D eigenvalue weighted by molar-refractivity contribution is 0.0944. The first-order chi connectivity index (χ1) is 9.83. The van der Waals surface area contributed by atoms with Gasteiger partial charge in [-0.2, -0.15) is 15.4 Å². The third-order valence-electron chi connectivity index (χ3n) is 3.21. The predicted octanol–water partition coefficient (Wildman–Crippen LogP) is 0.125. The van der Waals surface area contributed by atoms with E-state index in [0.29, 0.717) is 17.9 Å². The highest BCUT2D eigenvalue weighted by atomic mass is 16.1. The molecular formula is C12H15N7O. The van der Waals surface area contributed by atoms with Crippen LogP contribution in [-0.4, -0.2) is 44.6 Å². The van der Waals surface area contributed by atoms with Crippen LogP contribution in [0, 0.1) is 0 Å². The fraction of sp³-hybridized carbons (Fsp3) is 0.417. The number of aromatic nitrogens is 5. The predicted molar refractivity (Wildman–Crippen MR) is 71.0 cm³/mol. The molecule has 3 heterocycles. The van der Waals surface area contributed by atoms with E-state index in [4.69, 9.17) is 0 Å². The summed E-state index contributed by atoms with van der Waals surface area (Å²) in [6, 6.07) is 3.53. The zero-order valence-electron chi connectivity index (χ0n) is 10.9. The number of nitrogens with zero attached hydrogens (tertiary/aromatic N) is 5. The van der Waals surface area contributed by atoms with Gasteiger partial charge in [-0.1, -0.05) is 0 Å². The summed E-state index contributed by atoms with van der Waals surface area (Å²) in [5.41, 5.74) is 0.969. The number of hydrogen-bond acceptors (Lipinski definition) is 6. The van der Waals surface area contributed by atoms with E-state index in [9.17, 15) is 4.79 Å². The molecule has 1 aliphatic heterocycles. The average molecular weight is 273 g/mol. The van der Waals surface area contributed by atoms with Gasteiger partial charge in [-0.25, -0.2) is 0 Å². The highest BCUT2D eigenvalue weighted by molar-refractivity contribution is 5.92. The van der Waals surface area contributed by atoms with Gasteiger partial charge in [-0.15, -0.1) is 10.2 Å². The number of rotatable bonds is 4. The van der Waals surface area contributed by atoms with Crippen molar-refractivity contribution in [3.05, 3.63) is 29.7 Å². The van der Waals surface area contributed by atoms with Crippen molar-refractivity contribution in [3.8, 4) is 0 Å². The second kappa shape index (κ2) is 5.64. The van der Waals surface area contributed by atoms with Gasteiger partial charge >= 0.3 is 0 Å². The maximum Gasteiger partial charge on any atom is 0.272 e. The Labute approximate surface area is 115 Å². The highest BCUT2D eigenvalue weighted by Gasteiger charge is 2.15. The summed E-state index contributed by atoms with van der Waals surface area (Å²) in [5, 5.41) is 20.8. The lowest BCUT2D eigenvalue weighted by atomic mass is 10.3. The Kier molecular flexibility index (Phi) is 3.53. The lowest BCUT2D eigenvalue weighted by Gasteiger charge is -2.15. The van der Waals surface area contributed by atoms with E-state index in [1.165, 1.54) is 12.8 Å². The Morgan fingerprint density at radius 1 is 1.30 bits per heavy atom. The van der Waals surface area contributed by atoms with Crippen LogP contribution in [-0.2, 0) is 6.54 Å². The number of anilines is 1. The molecule has 3 rings (SSSR count). The molecule has 2 aromatic rings. The van der Waals surface area contributed by atoms with Gasteiger partial charge < -0.3 is 10.2 Å². The molecule has 1 amide bonds. The van der Waals surface area contributed by atoms with Crippen LogP contribution in [0.3, 0.4) is 0 Å². The van der Waals surface area contributed by atoms with Crippen molar-refractivity contribution < 1.29 is 4.79 Å². The molecular weight excluding hydrogens is 258 g/mol. The molecule has 20 heavy (non-hydrogen) atoms. The molecule has 104 valence electrons. The normalized spacial score (nSPS) is 14.5. The van der Waals surface area contributed by atoms with Crippen molar-refractivity contribution in [2.24, 2.45) is 0 Å². The number of nitrogens with one attached hydrogen (secondary N) is 2. The first-order valence-electron chi connectivity index (χ1n) is 6.54. The summed E-state index contributed by atoms with van der Waals surface area (Å²) in [6.07, 6.45) is 3.92. The molecule has 0 aliphatic carbocycles. The number of aromatic amines is 1. The van der Waals surface area contributed by atoms with Crippen LogP contribution in [0.25, 0.3) is 0 Å². The van der Waals surface area contributed by atoms with Crippen molar-refractivity contribution in [1.82, 2.24) is 30.9 Å². The van der Waals surface area contributed by atoms with Crippen LogP contribution in [0.15, 0.2) is 18.3 Å². The average Bonchev–Trinajstić information content (AvgIpc) is 3.18. The van der Waals surface area contributed by atoms with E-state index < -0.39 is 0 Å². The van der Waals surface area contributed by atoms with Crippen LogP contribution in [0.1, 0.15) is 29.0 Å². The molecule has 1 aliphatic rings. The van der Waals surface area contributed by atoms with Gasteiger partial charge in [0.05, 0.1) is 12.7 Å². The van der Waals surface area contributed by atoms with Gasteiger partial charge in [0.15, 0.2) is 11.5 Å². The van der Waals surface area contributed by atoms with E-state index in [0.717, 1.165) is 18.9 Å². The molecule has 0 unspecified atom stereocenters. The van der Waals surface area contributed by atoms with Crippen LogP contribution in [0.4, 0.5) is 5.82 Å². The Balaban J connectivity index is 1.60. The van der Waals surface area contributed by atoms with E-state index in [-0.39, 0.29) is 5.91 Å². The SMILES string of the molecule is O=C(NCc1cn[nH]n1)c1ccc(N2CCCC2)nn1. The summed E-state index contributed by atoms with van der Waals surface area (Å²) in [7, 11) is 0. The Morgan fingerprint density at radius 3 is 2.80 bits per heavy atom. The number of hydrogen-bond donors (Lipinski definition) is 2. The zero-order chi connectivity index (χ0) is 13.8. The van der Waals surface area contributed by atoms with E-state index in [1.54, 1.807) is 12.3 Å². The Hall–Kier alpha value is -2.51. The molecule has 0 aromatic carbocycles. The molecule has 2 N–H and O–H groups in total. The third kappa shape index (κ3) is 2.73. The van der Waals surface area contributed by atoms with Crippen LogP contribution >= 0.6 is 0 Å². The fourth-order valence-corrected chi connectivity index (χ4v) is 2.13. The molecule has 8 nitrogen and oxygen atoms in total. The summed E-state index contributed by atoms with van der Waals surface area (Å²) >= 11 is 0. The highest BCUT2D eigenvalue weighted by Crippen LogP contribution is 2.16. The summed E-state index contributed by atoms with van der Waals surface area (Å²) in [5.74, 6) is 0.559. The standard InChI is InChI=1S/C12H15N7O/c20-12(13-7-9-8-14-18-15-9)10-3-4-11(17-16-10)19-5-1-2-6-19/h3-4,8H,1-2,5-7H2,(H,13,20)(H,14,15,18). The number of amides is 1. The van der Waals surface area contributed by atoms with Crippen molar-refractivity contribution >= 4 is 11.7 Å². The van der Waals surface area contributed by atoms with Crippen molar-refractivity contribution in [2.75, 3.05) is 18.0 Å². The second-order valence-corrected chi connectivity index (χ2v) is 4.61. The third-order valence-corrected chi connectivity index (χ3v) is 3.21. The van der Waals surface area contributed by atoms with Gasteiger partial charge in [-0.3, -0.25) is 4.79 Å². The molecule has 0 bridgehead atoms. The molecule has 0 radical (unpaired) electrons. The number of carbonyl (C=O) groups is 1. The topological polar surface area (TPSA) is 99.7 Å². The van der Waals surface area contributed by atoms with Crippen LogP contribution < -0.4 is 10.2 Å². The Bertz CT molecular complexity index is 560. The monoisotopic (exact) mass is 273 g/mol. The molecule has 0 spiro atoms. The molecule has 0 atom stereocenters. The summed E-state index contributed by atoms with van der Waals surface area (Å²) < 4.78 is 0. The fourth-order valence-electron chi connectivity index (χ4n) is 2.13. The summed E-state index contributed by atoms with van der Waals surface area (Å²) in [4.78, 5) is 14.1. The molecule has 8 heteroatoms. The van der Waals surface area contributed by atoms with Gasteiger partial charge in [-0.05, 0) is 25.0 Å². The van der Waals surface area contributed by atoms with Crippen molar-refractivity contribution in [1.29, 1.82) is 0 Å². The first kappa shape index (κ1) is 12.5. The lowest BCUT2D eigenvalue weighted by Crippen LogP contribution is -2.25. The minimum Gasteiger partial charge on any atom is -0.355 e. The maximum atomic E-state index is 11.9. The molecule has 1 saturated heterocycles. The molecule has 2 aromatic heterocycles. The smallest absolute Gasteiger partial charge is 0.272 e. The summed E-state index contributed by atoms with van der Waals surface area (Å²) in [6.45, 7) is 2.32. The van der Waals surface area contributed by atoms with Gasteiger partial charge in [0.25, 0.3) is 5.91 Å². The van der Waals surface area contributed by atoms with E-state index in [1.807, 2.05) is 6.07 Å². The van der Waals surface area contributed by atoms with Gasteiger partial charge in [0, 0.05) is 13.1 Å². The van der Waals surface area contributed by atoms with E-state index >= 15 is 0 Å². The molecule has 1 fully saturated rings. The van der Waals surface area contributed by atoms with Crippen molar-refractivity contribution in [2.45, 2.75) is 19.4 Å². The zero-order valence-corrected chi connectivity index (χ0v) is 10.9. The minimum absolute atomic E-state index is 0.270.